The predicted molar refractivity (Wildman–Crippen MR) is 173 cm³/mol. The van der Waals surface area contributed by atoms with E-state index in [-0.39, 0.29) is 40.2 Å². The number of methoxy groups -OCH3 is 1. The number of anilines is 1. The molecule has 1 aromatic carbocycles. The normalized spacial score (nSPS) is 15.3. The number of aromatic nitrogens is 4. The molecule has 3 aromatic heterocycles. The van der Waals surface area contributed by atoms with E-state index in [9.17, 15) is 14.9 Å². The quantitative estimate of drug-likeness (QED) is 0.272. The van der Waals surface area contributed by atoms with Gasteiger partial charge in [0.1, 0.15) is 29.1 Å². The molecule has 1 fully saturated rings. The Balaban J connectivity index is 1.79. The summed E-state index contributed by atoms with van der Waals surface area (Å²) in [5.41, 5.74) is 1.02. The summed E-state index contributed by atoms with van der Waals surface area (Å²) in [7, 11) is 1.41. The number of fused-ring (bicyclic) bond motifs is 1. The second-order valence-electron chi connectivity index (χ2n) is 12.7. The first-order chi connectivity index (χ1) is 21.7. The summed E-state index contributed by atoms with van der Waals surface area (Å²) >= 11 is 0. The molecule has 4 heterocycles. The molecule has 0 bridgehead atoms. The fourth-order valence-electron chi connectivity index (χ4n) is 5.78. The summed E-state index contributed by atoms with van der Waals surface area (Å²) in [4.78, 5) is 44.6. The number of hydrogen-bond donors (Lipinski definition) is 0. The van der Waals surface area contributed by atoms with Crippen LogP contribution in [0.2, 0.25) is 0 Å². The van der Waals surface area contributed by atoms with Crippen molar-refractivity contribution in [3.8, 4) is 28.8 Å². The second kappa shape index (κ2) is 12.4. The Morgan fingerprint density at radius 2 is 1.91 bits per heavy atom. The van der Waals surface area contributed by atoms with Crippen LogP contribution < -0.4 is 15.3 Å². The molecule has 1 aliphatic heterocycles. The minimum Gasteiger partial charge on any atom is -0.496 e. The summed E-state index contributed by atoms with van der Waals surface area (Å²) in [6.07, 6.45) is 1.27. The standard InChI is InChI=1S/C34H38FN7O4/c1-19(2)27-29(20(3)12-13-37-27)42-31-23(16-22(17-36)28(38-31)26-24(35)10-9-11-25(26)45-8)30(39-32(42)43)41-15-14-40(18-21(41)4)33(44)46-34(5,6)7/h9-13,16,19,21H,14-15,18H2,1-8H3/t21-/m0/s1. The summed E-state index contributed by atoms with van der Waals surface area (Å²) in [5.74, 6) is -0.171. The van der Waals surface area contributed by atoms with E-state index in [1.807, 2.05) is 53.4 Å². The lowest BCUT2D eigenvalue weighted by atomic mass is 10.0. The van der Waals surface area contributed by atoms with Crippen LogP contribution in [0.5, 0.6) is 5.75 Å². The fraction of sp³-hybridized carbons (Fsp3) is 0.412. The number of carbonyl (C=O) groups excluding carboxylic acids is 1. The molecule has 0 N–H and O–H groups in total. The van der Waals surface area contributed by atoms with Gasteiger partial charge in [0, 0.05) is 31.9 Å². The third-order valence-corrected chi connectivity index (χ3v) is 7.88. The largest absolute Gasteiger partial charge is 0.496 e. The number of piperazine rings is 1. The number of benzene rings is 1. The summed E-state index contributed by atoms with van der Waals surface area (Å²) in [6, 6.07) is 9.65. The molecule has 4 aromatic rings. The Hall–Kier alpha value is -5.05. The number of nitrogens with zero attached hydrogens (tertiary/aromatic N) is 7. The topological polar surface area (TPSA) is 126 Å². The number of amides is 1. The van der Waals surface area contributed by atoms with Crippen LogP contribution in [0.1, 0.15) is 64.3 Å². The van der Waals surface area contributed by atoms with Gasteiger partial charge >= 0.3 is 11.8 Å². The highest BCUT2D eigenvalue weighted by Gasteiger charge is 2.33. The number of carbonyl (C=O) groups is 1. The first-order valence-electron chi connectivity index (χ1n) is 15.2. The monoisotopic (exact) mass is 627 g/mol. The summed E-state index contributed by atoms with van der Waals surface area (Å²) < 4.78 is 27.9. The molecule has 11 nitrogen and oxygen atoms in total. The van der Waals surface area contributed by atoms with Gasteiger partial charge in [-0.2, -0.15) is 10.2 Å². The lowest BCUT2D eigenvalue weighted by Gasteiger charge is -2.41. The van der Waals surface area contributed by atoms with Crippen molar-refractivity contribution in [2.75, 3.05) is 31.6 Å². The number of pyridine rings is 2. The molecule has 240 valence electrons. The zero-order valence-electron chi connectivity index (χ0n) is 27.4. The van der Waals surface area contributed by atoms with E-state index >= 15 is 4.39 Å². The van der Waals surface area contributed by atoms with Gasteiger partial charge in [0.05, 0.1) is 40.7 Å². The van der Waals surface area contributed by atoms with Gasteiger partial charge in [-0.3, -0.25) is 4.98 Å². The SMILES string of the molecule is COc1cccc(F)c1-c1nc2c(cc1C#N)c(N1CCN(C(=O)OC(C)(C)C)C[C@@H]1C)nc(=O)n2-c1c(C)ccnc1C(C)C. The van der Waals surface area contributed by atoms with Crippen LogP contribution in [0, 0.1) is 24.1 Å². The zero-order chi connectivity index (χ0) is 33.5. The molecule has 0 spiro atoms. The predicted octanol–water partition coefficient (Wildman–Crippen LogP) is 5.74. The van der Waals surface area contributed by atoms with Crippen LogP contribution in [0.4, 0.5) is 15.0 Å². The van der Waals surface area contributed by atoms with E-state index in [4.69, 9.17) is 14.5 Å². The summed E-state index contributed by atoms with van der Waals surface area (Å²) in [6.45, 7) is 14.2. The first-order valence-corrected chi connectivity index (χ1v) is 15.2. The van der Waals surface area contributed by atoms with Crippen molar-refractivity contribution < 1.29 is 18.7 Å². The van der Waals surface area contributed by atoms with Gasteiger partial charge < -0.3 is 19.3 Å². The number of rotatable bonds is 5. The number of hydrogen-bond acceptors (Lipinski definition) is 9. The van der Waals surface area contributed by atoms with Gasteiger partial charge in [-0.25, -0.2) is 23.5 Å². The molecular formula is C34H38FN7O4. The van der Waals surface area contributed by atoms with Gasteiger partial charge in [-0.05, 0) is 70.4 Å². The Kier molecular flexibility index (Phi) is 8.71. The van der Waals surface area contributed by atoms with Crippen molar-refractivity contribution in [2.24, 2.45) is 0 Å². The molecule has 0 aliphatic carbocycles. The summed E-state index contributed by atoms with van der Waals surface area (Å²) in [5, 5.41) is 10.7. The number of ether oxygens (including phenoxy) is 2. The molecule has 1 amide bonds. The van der Waals surface area contributed by atoms with Gasteiger partial charge in [0.15, 0.2) is 5.65 Å². The lowest BCUT2D eigenvalue weighted by molar-refractivity contribution is 0.0218. The van der Waals surface area contributed by atoms with Crippen molar-refractivity contribution in [2.45, 2.75) is 66.0 Å². The minimum absolute atomic E-state index is 0.00662. The highest BCUT2D eigenvalue weighted by Crippen LogP contribution is 2.37. The maximum atomic E-state index is 15.4. The maximum absolute atomic E-state index is 15.4. The van der Waals surface area contributed by atoms with Crippen molar-refractivity contribution in [3.05, 3.63) is 69.7 Å². The molecule has 0 unspecified atom stereocenters. The zero-order valence-corrected chi connectivity index (χ0v) is 27.4. The molecule has 1 saturated heterocycles. The Morgan fingerprint density at radius 1 is 1.17 bits per heavy atom. The van der Waals surface area contributed by atoms with Crippen molar-refractivity contribution >= 4 is 22.9 Å². The highest BCUT2D eigenvalue weighted by molar-refractivity contribution is 5.93. The Labute approximate surface area is 267 Å². The molecule has 1 aliphatic rings. The van der Waals surface area contributed by atoms with E-state index in [0.717, 1.165) is 5.56 Å². The van der Waals surface area contributed by atoms with Gasteiger partial charge in [0.2, 0.25) is 0 Å². The number of aryl methyl sites for hydroxylation is 1. The third-order valence-electron chi connectivity index (χ3n) is 7.88. The van der Waals surface area contributed by atoms with Gasteiger partial charge in [0.25, 0.3) is 0 Å². The molecule has 1 atom stereocenters. The molecule has 0 saturated carbocycles. The van der Waals surface area contributed by atoms with Crippen LogP contribution in [0.25, 0.3) is 28.0 Å². The second-order valence-corrected chi connectivity index (χ2v) is 12.7. The molecule has 46 heavy (non-hydrogen) atoms. The van der Waals surface area contributed by atoms with E-state index in [0.29, 0.717) is 42.2 Å². The van der Waals surface area contributed by atoms with E-state index in [1.165, 1.54) is 23.8 Å². The Morgan fingerprint density at radius 3 is 2.54 bits per heavy atom. The number of halogens is 1. The van der Waals surface area contributed by atoms with E-state index < -0.39 is 23.2 Å². The molecule has 5 rings (SSSR count). The Bertz CT molecular complexity index is 1930. The van der Waals surface area contributed by atoms with Crippen molar-refractivity contribution in [1.29, 1.82) is 5.26 Å². The van der Waals surface area contributed by atoms with Crippen LogP contribution in [0.3, 0.4) is 0 Å². The van der Waals surface area contributed by atoms with Crippen LogP contribution in [-0.4, -0.2) is 68.9 Å². The van der Waals surface area contributed by atoms with Gasteiger partial charge in [-0.1, -0.05) is 19.9 Å². The van der Waals surface area contributed by atoms with E-state index in [2.05, 4.69) is 16.0 Å². The molecule has 0 radical (unpaired) electrons. The first kappa shape index (κ1) is 32.3. The number of nitriles is 1. The molecule has 12 heteroatoms. The lowest BCUT2D eigenvalue weighted by Crippen LogP contribution is -2.55. The molecular weight excluding hydrogens is 589 g/mol. The van der Waals surface area contributed by atoms with Crippen LogP contribution >= 0.6 is 0 Å². The van der Waals surface area contributed by atoms with E-state index in [1.54, 1.807) is 29.3 Å². The van der Waals surface area contributed by atoms with Crippen molar-refractivity contribution in [3.63, 3.8) is 0 Å². The minimum atomic E-state index is -0.642. The van der Waals surface area contributed by atoms with Crippen LogP contribution in [0.15, 0.2) is 41.3 Å². The smallest absolute Gasteiger partial charge is 0.410 e. The van der Waals surface area contributed by atoms with Crippen molar-refractivity contribution in [1.82, 2.24) is 24.4 Å². The van der Waals surface area contributed by atoms with Crippen LogP contribution in [-0.2, 0) is 4.74 Å². The maximum Gasteiger partial charge on any atom is 0.410 e. The average Bonchev–Trinajstić information content (AvgIpc) is 2.99. The highest BCUT2D eigenvalue weighted by atomic mass is 19.1. The van der Waals surface area contributed by atoms with Gasteiger partial charge in [-0.15, -0.1) is 0 Å². The average molecular weight is 628 g/mol. The fourth-order valence-corrected chi connectivity index (χ4v) is 5.78. The third kappa shape index (κ3) is 5.97.